The fraction of sp³-hybridized carbons (Fsp3) is 0.467. The number of rotatable bonds is 3. The van der Waals surface area contributed by atoms with Gasteiger partial charge in [-0.2, -0.15) is 5.10 Å². The van der Waals surface area contributed by atoms with Crippen LogP contribution in [-0.2, 0) is 11.8 Å². The molecule has 1 atom stereocenters. The molecule has 0 bridgehead atoms. The van der Waals surface area contributed by atoms with E-state index < -0.39 is 11.7 Å². The highest BCUT2D eigenvalue weighted by Crippen LogP contribution is 2.23. The number of nitrogens with one attached hydrogen (secondary N) is 1. The van der Waals surface area contributed by atoms with Crippen molar-refractivity contribution in [3.8, 4) is 0 Å². The smallest absolute Gasteiger partial charge is 0.408 e. The quantitative estimate of drug-likeness (QED) is 0.907. The lowest BCUT2D eigenvalue weighted by Crippen LogP contribution is -2.38. The number of amides is 1. The van der Waals surface area contributed by atoms with Gasteiger partial charge in [0.15, 0.2) is 0 Å². The number of nitrogens with two attached hydrogens (primary N) is 1. The zero-order valence-corrected chi connectivity index (χ0v) is 12.9. The highest BCUT2D eigenvalue weighted by Gasteiger charge is 2.23. The van der Waals surface area contributed by atoms with Gasteiger partial charge in [-0.3, -0.25) is 4.68 Å². The number of hydrogen-bond donors (Lipinski definition) is 2. The first-order valence-corrected chi connectivity index (χ1v) is 6.93. The number of benzene rings is 1. The lowest BCUT2D eigenvalue weighted by atomic mass is 10.1. The summed E-state index contributed by atoms with van der Waals surface area (Å²) in [6, 6.07) is 7.46. The Bertz CT molecular complexity index is 643. The SMILES string of the molecule is Cn1nc(C(CN)NC(=O)OC(C)(C)C)c2ccccc21. The number of aryl methyl sites for hydroxylation is 1. The molecule has 0 aliphatic carbocycles. The molecule has 0 saturated carbocycles. The molecule has 2 aromatic rings. The Labute approximate surface area is 124 Å². The molecule has 1 aromatic carbocycles. The minimum atomic E-state index is -0.546. The number of para-hydroxylation sites is 1. The second-order valence-electron chi connectivity index (χ2n) is 5.96. The van der Waals surface area contributed by atoms with Crippen LogP contribution in [0.2, 0.25) is 0 Å². The number of ether oxygens (including phenoxy) is 1. The summed E-state index contributed by atoms with van der Waals surface area (Å²) in [5.74, 6) is 0. The zero-order valence-electron chi connectivity index (χ0n) is 12.9. The molecular weight excluding hydrogens is 268 g/mol. The van der Waals surface area contributed by atoms with E-state index in [0.29, 0.717) is 0 Å². The van der Waals surface area contributed by atoms with Gasteiger partial charge < -0.3 is 15.8 Å². The van der Waals surface area contributed by atoms with Crippen LogP contribution in [0.15, 0.2) is 24.3 Å². The standard InChI is InChI=1S/C15H22N4O2/c1-15(2,3)21-14(20)17-11(9-16)13-10-7-5-6-8-12(10)19(4)18-13/h5-8,11H,9,16H2,1-4H3,(H,17,20). The molecule has 0 radical (unpaired) electrons. The monoisotopic (exact) mass is 290 g/mol. The van der Waals surface area contributed by atoms with Crippen LogP contribution in [0.1, 0.15) is 32.5 Å². The Morgan fingerprint density at radius 2 is 2.10 bits per heavy atom. The number of fused-ring (bicyclic) bond motifs is 1. The lowest BCUT2D eigenvalue weighted by Gasteiger charge is -2.22. The Morgan fingerprint density at radius 1 is 1.43 bits per heavy atom. The number of carbonyl (C=O) groups is 1. The third-order valence-corrected chi connectivity index (χ3v) is 3.04. The van der Waals surface area contributed by atoms with Gasteiger partial charge >= 0.3 is 6.09 Å². The molecule has 0 aliphatic rings. The van der Waals surface area contributed by atoms with E-state index in [4.69, 9.17) is 10.5 Å². The first kappa shape index (κ1) is 15.3. The third kappa shape index (κ3) is 3.52. The summed E-state index contributed by atoms with van der Waals surface area (Å²) < 4.78 is 7.05. The highest BCUT2D eigenvalue weighted by molar-refractivity contribution is 5.83. The van der Waals surface area contributed by atoms with Crippen molar-refractivity contribution in [1.29, 1.82) is 0 Å². The summed E-state index contributed by atoms with van der Waals surface area (Å²) in [4.78, 5) is 11.9. The van der Waals surface area contributed by atoms with Gasteiger partial charge in [0.05, 0.1) is 17.3 Å². The van der Waals surface area contributed by atoms with Crippen LogP contribution in [0.5, 0.6) is 0 Å². The van der Waals surface area contributed by atoms with Gasteiger partial charge in [0.2, 0.25) is 0 Å². The average molecular weight is 290 g/mol. The van der Waals surface area contributed by atoms with Gasteiger partial charge in [-0.1, -0.05) is 18.2 Å². The van der Waals surface area contributed by atoms with Gasteiger partial charge in [-0.25, -0.2) is 4.79 Å². The van der Waals surface area contributed by atoms with Crippen LogP contribution < -0.4 is 11.1 Å². The third-order valence-electron chi connectivity index (χ3n) is 3.04. The Kier molecular flexibility index (Phi) is 4.18. The Balaban J connectivity index is 2.26. The second kappa shape index (κ2) is 5.73. The highest BCUT2D eigenvalue weighted by atomic mass is 16.6. The van der Waals surface area contributed by atoms with E-state index in [1.165, 1.54) is 0 Å². The van der Waals surface area contributed by atoms with Gasteiger partial charge in [0.25, 0.3) is 0 Å². The fourth-order valence-electron chi connectivity index (χ4n) is 2.19. The molecule has 6 nitrogen and oxygen atoms in total. The zero-order chi connectivity index (χ0) is 15.6. The van der Waals surface area contributed by atoms with E-state index in [9.17, 15) is 4.79 Å². The summed E-state index contributed by atoms with van der Waals surface area (Å²) in [7, 11) is 1.87. The van der Waals surface area contributed by atoms with Crippen molar-refractivity contribution in [2.45, 2.75) is 32.4 Å². The topological polar surface area (TPSA) is 82.2 Å². The van der Waals surface area contributed by atoms with Crippen molar-refractivity contribution in [3.05, 3.63) is 30.0 Å². The Morgan fingerprint density at radius 3 is 2.71 bits per heavy atom. The predicted octanol–water partition coefficient (Wildman–Crippen LogP) is 2.10. The van der Waals surface area contributed by atoms with Crippen LogP contribution in [0, 0.1) is 0 Å². The number of nitrogens with zero attached hydrogens (tertiary/aromatic N) is 2. The largest absolute Gasteiger partial charge is 0.444 e. The van der Waals surface area contributed by atoms with Gasteiger partial charge in [0, 0.05) is 19.0 Å². The molecule has 0 fully saturated rings. The minimum Gasteiger partial charge on any atom is -0.444 e. The molecule has 1 heterocycles. The predicted molar refractivity (Wildman–Crippen MR) is 81.9 cm³/mol. The first-order chi connectivity index (χ1) is 9.81. The maximum Gasteiger partial charge on any atom is 0.408 e. The van der Waals surface area contributed by atoms with Crippen molar-refractivity contribution >= 4 is 17.0 Å². The van der Waals surface area contributed by atoms with Crippen LogP contribution in [0.4, 0.5) is 4.79 Å². The van der Waals surface area contributed by atoms with Gasteiger partial charge in [-0.15, -0.1) is 0 Å². The van der Waals surface area contributed by atoms with Crippen molar-refractivity contribution in [3.63, 3.8) is 0 Å². The lowest BCUT2D eigenvalue weighted by molar-refractivity contribution is 0.0504. The number of hydrogen-bond acceptors (Lipinski definition) is 4. The summed E-state index contributed by atoms with van der Waals surface area (Å²) in [6.45, 7) is 5.71. The van der Waals surface area contributed by atoms with Crippen molar-refractivity contribution in [2.75, 3.05) is 6.54 Å². The van der Waals surface area contributed by atoms with E-state index in [1.54, 1.807) is 4.68 Å². The molecule has 1 unspecified atom stereocenters. The van der Waals surface area contributed by atoms with Gasteiger partial charge in [-0.05, 0) is 26.8 Å². The Hall–Kier alpha value is -2.08. The molecule has 1 amide bonds. The van der Waals surface area contributed by atoms with Crippen LogP contribution >= 0.6 is 0 Å². The summed E-state index contributed by atoms with van der Waals surface area (Å²) in [5, 5.41) is 8.24. The fourth-order valence-corrected chi connectivity index (χ4v) is 2.19. The van der Waals surface area contributed by atoms with Crippen molar-refractivity contribution in [1.82, 2.24) is 15.1 Å². The molecule has 0 saturated heterocycles. The molecule has 0 spiro atoms. The maximum absolute atomic E-state index is 11.9. The molecule has 6 heteroatoms. The summed E-state index contributed by atoms with van der Waals surface area (Å²) in [6.07, 6.45) is -0.493. The van der Waals surface area contributed by atoms with E-state index in [2.05, 4.69) is 10.4 Å². The van der Waals surface area contributed by atoms with Gasteiger partial charge in [0.1, 0.15) is 5.60 Å². The molecule has 3 N–H and O–H groups in total. The second-order valence-corrected chi connectivity index (χ2v) is 5.96. The molecule has 21 heavy (non-hydrogen) atoms. The first-order valence-electron chi connectivity index (χ1n) is 6.93. The van der Waals surface area contributed by atoms with E-state index in [0.717, 1.165) is 16.6 Å². The molecule has 2 rings (SSSR count). The normalized spacial score (nSPS) is 13.2. The van der Waals surface area contributed by atoms with E-state index in [1.807, 2.05) is 52.1 Å². The van der Waals surface area contributed by atoms with E-state index >= 15 is 0 Å². The van der Waals surface area contributed by atoms with E-state index in [-0.39, 0.29) is 12.6 Å². The van der Waals surface area contributed by atoms with Crippen LogP contribution in [0.25, 0.3) is 10.9 Å². The maximum atomic E-state index is 11.9. The summed E-state index contributed by atoms with van der Waals surface area (Å²) >= 11 is 0. The molecule has 1 aromatic heterocycles. The van der Waals surface area contributed by atoms with Crippen LogP contribution in [-0.4, -0.2) is 28.0 Å². The van der Waals surface area contributed by atoms with Crippen molar-refractivity contribution in [2.24, 2.45) is 12.8 Å². The summed E-state index contributed by atoms with van der Waals surface area (Å²) in [5.41, 5.74) is 7.00. The minimum absolute atomic E-state index is 0.250. The van der Waals surface area contributed by atoms with Crippen molar-refractivity contribution < 1.29 is 9.53 Å². The number of alkyl carbamates (subject to hydrolysis) is 1. The number of carbonyl (C=O) groups excluding carboxylic acids is 1. The van der Waals surface area contributed by atoms with Crippen LogP contribution in [0.3, 0.4) is 0 Å². The number of aromatic nitrogens is 2. The molecule has 0 aliphatic heterocycles. The molecule has 114 valence electrons. The average Bonchev–Trinajstić information content (AvgIpc) is 2.72. The molecular formula is C15H22N4O2.